The van der Waals surface area contributed by atoms with Gasteiger partial charge in [0.1, 0.15) is 6.10 Å². The molecule has 0 fully saturated rings. The Balaban J connectivity index is 3.00. The van der Waals surface area contributed by atoms with Crippen LogP contribution in [0.1, 0.15) is 24.2 Å². The van der Waals surface area contributed by atoms with Gasteiger partial charge in [0.05, 0.1) is 7.11 Å². The van der Waals surface area contributed by atoms with E-state index in [-0.39, 0.29) is 17.5 Å². The quantitative estimate of drug-likeness (QED) is 0.742. The molecule has 0 N–H and O–H groups in total. The summed E-state index contributed by atoms with van der Waals surface area (Å²) in [7, 11) is 2.86. The van der Waals surface area contributed by atoms with Crippen molar-refractivity contribution >= 4 is 5.78 Å². The molecule has 1 rings (SSSR count). The molecule has 1 aromatic rings. The third-order valence-electron chi connectivity index (χ3n) is 2.55. The fourth-order valence-corrected chi connectivity index (χ4v) is 1.67. The van der Waals surface area contributed by atoms with E-state index >= 15 is 0 Å². The Kier molecular flexibility index (Phi) is 4.63. The van der Waals surface area contributed by atoms with E-state index in [2.05, 4.69) is 0 Å². The first-order chi connectivity index (χ1) is 8.01. The summed E-state index contributed by atoms with van der Waals surface area (Å²) in [5.74, 6) is -0.598. The van der Waals surface area contributed by atoms with Crippen LogP contribution in [0.3, 0.4) is 0 Å². The lowest BCUT2D eigenvalue weighted by atomic mass is 9.97. The largest absolute Gasteiger partial charge is 0.494 e. The van der Waals surface area contributed by atoms with Crippen LogP contribution in [0.2, 0.25) is 0 Å². The van der Waals surface area contributed by atoms with Crippen LogP contribution in [-0.2, 0) is 4.74 Å². The Morgan fingerprint density at radius 1 is 1.29 bits per heavy atom. The van der Waals surface area contributed by atoms with Crippen LogP contribution in [0.5, 0.6) is 5.75 Å². The van der Waals surface area contributed by atoms with Gasteiger partial charge in [-0.25, -0.2) is 4.39 Å². The van der Waals surface area contributed by atoms with Gasteiger partial charge in [0.15, 0.2) is 17.3 Å². The molecular formula is C13H17FO3. The Labute approximate surface area is 101 Å². The van der Waals surface area contributed by atoms with Gasteiger partial charge in [-0.2, -0.15) is 0 Å². The maximum Gasteiger partial charge on any atom is 0.191 e. The van der Waals surface area contributed by atoms with Gasteiger partial charge in [-0.1, -0.05) is 13.8 Å². The zero-order valence-electron chi connectivity index (χ0n) is 10.5. The number of halogens is 1. The second-order valence-corrected chi connectivity index (χ2v) is 4.11. The third-order valence-corrected chi connectivity index (χ3v) is 2.55. The highest BCUT2D eigenvalue weighted by molar-refractivity contribution is 5.99. The number of rotatable bonds is 5. The SMILES string of the molecule is COc1ccc(C(=O)C(OC)C(C)C)cc1F. The van der Waals surface area contributed by atoms with Crippen LogP contribution < -0.4 is 4.74 Å². The van der Waals surface area contributed by atoms with Crippen LogP contribution in [0.25, 0.3) is 0 Å². The number of benzene rings is 1. The van der Waals surface area contributed by atoms with Crippen molar-refractivity contribution in [3.8, 4) is 5.75 Å². The van der Waals surface area contributed by atoms with Gasteiger partial charge in [0.2, 0.25) is 0 Å². The van der Waals surface area contributed by atoms with E-state index in [1.807, 2.05) is 13.8 Å². The number of Topliss-reactive ketones (excluding diaryl/α,β-unsaturated/α-hetero) is 1. The average molecular weight is 240 g/mol. The molecule has 0 saturated heterocycles. The molecule has 17 heavy (non-hydrogen) atoms. The van der Waals surface area contributed by atoms with Gasteiger partial charge in [0, 0.05) is 12.7 Å². The normalized spacial score (nSPS) is 12.6. The molecule has 3 nitrogen and oxygen atoms in total. The highest BCUT2D eigenvalue weighted by Crippen LogP contribution is 2.20. The predicted octanol–water partition coefficient (Wildman–Crippen LogP) is 2.69. The Morgan fingerprint density at radius 3 is 2.35 bits per heavy atom. The van der Waals surface area contributed by atoms with Gasteiger partial charge in [0.25, 0.3) is 0 Å². The Bertz CT molecular complexity index is 402. The number of carbonyl (C=O) groups excluding carboxylic acids is 1. The average Bonchev–Trinajstić information content (AvgIpc) is 2.29. The minimum Gasteiger partial charge on any atom is -0.494 e. The monoisotopic (exact) mass is 240 g/mol. The number of ketones is 1. The van der Waals surface area contributed by atoms with Gasteiger partial charge < -0.3 is 9.47 Å². The lowest BCUT2D eigenvalue weighted by molar-refractivity contribution is 0.0458. The maximum absolute atomic E-state index is 13.5. The van der Waals surface area contributed by atoms with Crippen molar-refractivity contribution in [2.24, 2.45) is 5.92 Å². The zero-order valence-corrected chi connectivity index (χ0v) is 10.5. The number of hydrogen-bond donors (Lipinski definition) is 0. The second-order valence-electron chi connectivity index (χ2n) is 4.11. The van der Waals surface area contributed by atoms with E-state index in [4.69, 9.17) is 9.47 Å². The van der Waals surface area contributed by atoms with Crippen molar-refractivity contribution in [1.82, 2.24) is 0 Å². The van der Waals surface area contributed by atoms with Crippen LogP contribution in [0.4, 0.5) is 4.39 Å². The van der Waals surface area contributed by atoms with E-state index < -0.39 is 11.9 Å². The first-order valence-corrected chi connectivity index (χ1v) is 5.41. The molecule has 0 radical (unpaired) electrons. The molecule has 4 heteroatoms. The molecule has 0 spiro atoms. The standard InChI is InChI=1S/C13H17FO3/c1-8(2)13(17-4)12(15)9-5-6-11(16-3)10(14)7-9/h5-8,13H,1-4H3. The molecule has 0 aromatic heterocycles. The van der Waals surface area contributed by atoms with Gasteiger partial charge >= 0.3 is 0 Å². The van der Waals surface area contributed by atoms with Crippen LogP contribution >= 0.6 is 0 Å². The summed E-state index contributed by atoms with van der Waals surface area (Å²) >= 11 is 0. The van der Waals surface area contributed by atoms with Crippen molar-refractivity contribution in [3.05, 3.63) is 29.6 Å². The van der Waals surface area contributed by atoms with E-state index in [0.717, 1.165) is 0 Å². The molecule has 0 amide bonds. The van der Waals surface area contributed by atoms with Gasteiger partial charge in [-0.05, 0) is 24.1 Å². The van der Waals surface area contributed by atoms with Crippen LogP contribution in [-0.4, -0.2) is 26.1 Å². The molecule has 0 aliphatic carbocycles. The smallest absolute Gasteiger partial charge is 0.191 e. The highest BCUT2D eigenvalue weighted by Gasteiger charge is 2.23. The lowest BCUT2D eigenvalue weighted by Crippen LogP contribution is -2.28. The summed E-state index contributed by atoms with van der Waals surface area (Å²) < 4.78 is 23.4. The molecule has 0 aliphatic heterocycles. The minimum absolute atomic E-state index is 0.0395. The maximum atomic E-state index is 13.5. The van der Waals surface area contributed by atoms with Crippen molar-refractivity contribution in [1.29, 1.82) is 0 Å². The Morgan fingerprint density at radius 2 is 1.94 bits per heavy atom. The molecule has 94 valence electrons. The molecule has 1 unspecified atom stereocenters. The minimum atomic E-state index is -0.553. The highest BCUT2D eigenvalue weighted by atomic mass is 19.1. The van der Waals surface area contributed by atoms with Crippen molar-refractivity contribution in [2.75, 3.05) is 14.2 Å². The first-order valence-electron chi connectivity index (χ1n) is 5.41. The number of carbonyl (C=O) groups is 1. The summed E-state index contributed by atoms with van der Waals surface area (Å²) in [5.41, 5.74) is 0.295. The van der Waals surface area contributed by atoms with Gasteiger partial charge in [-0.3, -0.25) is 4.79 Å². The Hall–Kier alpha value is -1.42. The summed E-state index contributed by atoms with van der Waals surface area (Å²) in [4.78, 5) is 12.0. The van der Waals surface area contributed by atoms with E-state index in [0.29, 0.717) is 5.56 Å². The zero-order chi connectivity index (χ0) is 13.0. The van der Waals surface area contributed by atoms with Crippen LogP contribution in [0, 0.1) is 11.7 Å². The van der Waals surface area contributed by atoms with E-state index in [9.17, 15) is 9.18 Å². The fraction of sp³-hybridized carbons (Fsp3) is 0.462. The molecular weight excluding hydrogens is 223 g/mol. The topological polar surface area (TPSA) is 35.5 Å². The fourth-order valence-electron chi connectivity index (χ4n) is 1.67. The third kappa shape index (κ3) is 3.03. The van der Waals surface area contributed by atoms with Crippen LogP contribution in [0.15, 0.2) is 18.2 Å². The van der Waals surface area contributed by atoms with E-state index in [1.165, 1.54) is 26.4 Å². The molecule has 0 saturated carbocycles. The molecule has 0 aliphatic rings. The summed E-state index contributed by atoms with van der Waals surface area (Å²) in [5, 5.41) is 0. The number of hydrogen-bond acceptors (Lipinski definition) is 3. The van der Waals surface area contributed by atoms with Gasteiger partial charge in [-0.15, -0.1) is 0 Å². The van der Waals surface area contributed by atoms with Crippen molar-refractivity contribution < 1.29 is 18.7 Å². The summed E-state index contributed by atoms with van der Waals surface area (Å²) in [6.45, 7) is 3.76. The summed E-state index contributed by atoms with van der Waals surface area (Å²) in [6.07, 6.45) is -0.553. The predicted molar refractivity (Wildman–Crippen MR) is 62.9 cm³/mol. The van der Waals surface area contributed by atoms with Crippen molar-refractivity contribution in [3.63, 3.8) is 0 Å². The van der Waals surface area contributed by atoms with E-state index in [1.54, 1.807) is 6.07 Å². The molecule has 0 bridgehead atoms. The lowest BCUT2D eigenvalue weighted by Gasteiger charge is -2.18. The molecule has 0 heterocycles. The second kappa shape index (κ2) is 5.77. The summed E-state index contributed by atoms with van der Waals surface area (Å²) in [6, 6.07) is 4.16. The number of ether oxygens (including phenoxy) is 2. The van der Waals surface area contributed by atoms with Crippen molar-refractivity contribution in [2.45, 2.75) is 20.0 Å². The number of methoxy groups -OCH3 is 2. The first kappa shape index (κ1) is 13.6. The molecule has 1 aromatic carbocycles. The molecule has 1 atom stereocenters.